The van der Waals surface area contributed by atoms with E-state index in [1.54, 1.807) is 10.6 Å². The Morgan fingerprint density at radius 1 is 0.947 bits per heavy atom. The van der Waals surface area contributed by atoms with Crippen LogP contribution in [0.3, 0.4) is 0 Å². The van der Waals surface area contributed by atoms with Gasteiger partial charge in [-0.05, 0) is 35.4 Å². The molecule has 0 bridgehead atoms. The maximum Gasteiger partial charge on any atom is 0.257 e. The van der Waals surface area contributed by atoms with Crippen LogP contribution in [0.5, 0.6) is 0 Å². The van der Waals surface area contributed by atoms with Gasteiger partial charge in [0.25, 0.3) is 5.91 Å². The van der Waals surface area contributed by atoms with E-state index < -0.39 is 27.4 Å². The number of methoxy groups -OCH3 is 1. The number of carbonyl (C=O) groups is 1. The summed E-state index contributed by atoms with van der Waals surface area (Å²) in [6.45, 7) is 0.503. The van der Waals surface area contributed by atoms with E-state index in [0.29, 0.717) is 11.3 Å². The molecular weight excluding hydrogens is 512 g/mol. The van der Waals surface area contributed by atoms with Crippen molar-refractivity contribution < 1.29 is 26.7 Å². The number of amides is 1. The van der Waals surface area contributed by atoms with Crippen molar-refractivity contribution in [2.45, 2.75) is 24.0 Å². The van der Waals surface area contributed by atoms with Crippen LogP contribution in [0.4, 0.5) is 8.78 Å². The normalized spacial score (nSPS) is 11.4. The monoisotopic (exact) mass is 539 g/mol. The number of sulfone groups is 1. The Bertz CT molecular complexity index is 1490. The number of benzene rings is 3. The van der Waals surface area contributed by atoms with Crippen molar-refractivity contribution in [2.24, 2.45) is 0 Å². The number of halogens is 2. The first-order valence-electron chi connectivity index (χ1n) is 11.9. The van der Waals surface area contributed by atoms with Crippen molar-refractivity contribution in [3.63, 3.8) is 0 Å². The van der Waals surface area contributed by atoms with Crippen LogP contribution >= 0.6 is 0 Å². The summed E-state index contributed by atoms with van der Waals surface area (Å²) in [6, 6.07) is 20.2. The number of carbonyl (C=O) groups excluding carboxylic acids is 1. The molecule has 0 aliphatic rings. The first-order valence-corrected chi connectivity index (χ1v) is 13.5. The van der Waals surface area contributed by atoms with Crippen LogP contribution in [-0.2, 0) is 33.4 Å². The fourth-order valence-electron chi connectivity index (χ4n) is 4.02. The van der Waals surface area contributed by atoms with Gasteiger partial charge in [-0.25, -0.2) is 22.2 Å². The third-order valence-electron chi connectivity index (χ3n) is 5.94. The molecule has 198 valence electrons. The van der Waals surface area contributed by atoms with Gasteiger partial charge in [-0.3, -0.25) is 4.79 Å². The molecule has 0 atom stereocenters. The lowest BCUT2D eigenvalue weighted by atomic mass is 10.1. The topological polar surface area (TPSA) is 81.5 Å². The molecule has 7 nitrogen and oxygen atoms in total. The Morgan fingerprint density at radius 3 is 2.32 bits per heavy atom. The van der Waals surface area contributed by atoms with Crippen molar-refractivity contribution >= 4 is 15.7 Å². The van der Waals surface area contributed by atoms with E-state index in [1.807, 2.05) is 30.3 Å². The van der Waals surface area contributed by atoms with Gasteiger partial charge in [0.2, 0.25) is 15.0 Å². The summed E-state index contributed by atoms with van der Waals surface area (Å²) in [4.78, 5) is 18.9. The van der Waals surface area contributed by atoms with Gasteiger partial charge in [-0.1, -0.05) is 54.6 Å². The summed E-state index contributed by atoms with van der Waals surface area (Å²) >= 11 is 0. The molecule has 3 aromatic carbocycles. The molecule has 0 saturated heterocycles. The summed E-state index contributed by atoms with van der Waals surface area (Å²) in [5.41, 5.74) is 1.60. The van der Waals surface area contributed by atoms with Gasteiger partial charge in [0.15, 0.2) is 0 Å². The fourth-order valence-corrected chi connectivity index (χ4v) is 5.51. The third kappa shape index (κ3) is 6.51. The van der Waals surface area contributed by atoms with E-state index in [-0.39, 0.29) is 42.7 Å². The van der Waals surface area contributed by atoms with Crippen LogP contribution in [0.1, 0.15) is 27.2 Å². The lowest BCUT2D eigenvalue weighted by molar-refractivity contribution is 0.0671. The first-order chi connectivity index (χ1) is 18.3. The molecule has 38 heavy (non-hydrogen) atoms. The Morgan fingerprint density at radius 2 is 1.63 bits per heavy atom. The smallest absolute Gasteiger partial charge is 0.257 e. The van der Waals surface area contributed by atoms with E-state index >= 15 is 0 Å². The van der Waals surface area contributed by atoms with Gasteiger partial charge in [0.05, 0.1) is 42.9 Å². The van der Waals surface area contributed by atoms with Gasteiger partial charge in [-0.15, -0.1) is 0 Å². The minimum absolute atomic E-state index is 0.0254. The second kappa shape index (κ2) is 12.1. The molecule has 10 heteroatoms. The predicted octanol–water partition coefficient (Wildman–Crippen LogP) is 4.47. The molecular formula is C28H27F2N3O4S. The van der Waals surface area contributed by atoms with Crippen molar-refractivity contribution in [1.82, 2.24) is 14.5 Å². The molecule has 1 heterocycles. The number of hydrogen-bond acceptors (Lipinski definition) is 5. The fraction of sp³-hybridized carbons (Fsp3) is 0.214. The number of hydrogen-bond donors (Lipinski definition) is 0. The van der Waals surface area contributed by atoms with Crippen molar-refractivity contribution in [2.75, 3.05) is 20.3 Å². The number of aromatic nitrogens is 2. The van der Waals surface area contributed by atoms with Crippen LogP contribution in [-0.4, -0.2) is 49.0 Å². The molecule has 0 unspecified atom stereocenters. The summed E-state index contributed by atoms with van der Waals surface area (Å²) in [5.74, 6) is -2.04. The second-order valence-electron chi connectivity index (χ2n) is 8.69. The van der Waals surface area contributed by atoms with Crippen LogP contribution in [0.2, 0.25) is 0 Å². The zero-order valence-corrected chi connectivity index (χ0v) is 21.6. The maximum atomic E-state index is 14.4. The highest BCUT2D eigenvalue weighted by molar-refractivity contribution is 7.90. The second-order valence-corrected chi connectivity index (χ2v) is 10.6. The quantitative estimate of drug-likeness (QED) is 0.281. The van der Waals surface area contributed by atoms with Crippen molar-refractivity contribution in [1.29, 1.82) is 0 Å². The number of rotatable bonds is 11. The SMILES string of the molecule is COCCN(Cc1cnc(S(=O)(=O)Cc2ccc(F)cc2)n1Cc1ccccc1)C(=O)c1ccccc1F. The van der Waals surface area contributed by atoms with Crippen LogP contribution < -0.4 is 0 Å². The predicted molar refractivity (Wildman–Crippen MR) is 138 cm³/mol. The maximum absolute atomic E-state index is 14.4. The van der Waals surface area contributed by atoms with Gasteiger partial charge in [0, 0.05) is 13.7 Å². The highest BCUT2D eigenvalue weighted by Crippen LogP contribution is 2.22. The average molecular weight is 540 g/mol. The molecule has 0 spiro atoms. The van der Waals surface area contributed by atoms with Gasteiger partial charge >= 0.3 is 0 Å². The Kier molecular flexibility index (Phi) is 8.65. The van der Waals surface area contributed by atoms with E-state index in [4.69, 9.17) is 4.74 Å². The molecule has 1 amide bonds. The lowest BCUT2D eigenvalue weighted by Crippen LogP contribution is -2.35. The minimum atomic E-state index is -3.95. The third-order valence-corrected chi connectivity index (χ3v) is 7.54. The zero-order valence-electron chi connectivity index (χ0n) is 20.8. The Balaban J connectivity index is 1.72. The summed E-state index contributed by atoms with van der Waals surface area (Å²) in [7, 11) is -2.46. The Labute approximate surface area is 220 Å². The molecule has 1 aromatic heterocycles. The molecule has 4 rings (SSSR count). The van der Waals surface area contributed by atoms with E-state index in [1.165, 1.54) is 60.7 Å². The summed E-state index contributed by atoms with van der Waals surface area (Å²) < 4.78 is 61.3. The number of imidazole rings is 1. The minimum Gasteiger partial charge on any atom is -0.383 e. The lowest BCUT2D eigenvalue weighted by Gasteiger charge is -2.24. The van der Waals surface area contributed by atoms with Gasteiger partial charge < -0.3 is 14.2 Å². The first kappa shape index (κ1) is 27.2. The van der Waals surface area contributed by atoms with Crippen LogP contribution in [0, 0.1) is 11.6 Å². The molecule has 4 aromatic rings. The molecule has 0 N–H and O–H groups in total. The van der Waals surface area contributed by atoms with Crippen molar-refractivity contribution in [3.8, 4) is 0 Å². The highest BCUT2D eigenvalue weighted by atomic mass is 32.2. The molecule has 0 aliphatic heterocycles. The molecule has 0 aliphatic carbocycles. The standard InChI is InChI=1S/C28H27F2N3O4S/c1-37-16-15-32(27(34)25-9-5-6-10-26(25)30)19-24-17-31-28(33(24)18-21-7-3-2-4-8-21)38(35,36)20-22-11-13-23(29)14-12-22/h2-14,17H,15-16,18-20H2,1H3. The summed E-state index contributed by atoms with van der Waals surface area (Å²) in [5, 5.41) is -0.175. The summed E-state index contributed by atoms with van der Waals surface area (Å²) in [6.07, 6.45) is 1.41. The largest absolute Gasteiger partial charge is 0.383 e. The number of nitrogens with zero attached hydrogens (tertiary/aromatic N) is 3. The average Bonchev–Trinajstić information content (AvgIpc) is 3.31. The van der Waals surface area contributed by atoms with Crippen LogP contribution in [0.25, 0.3) is 0 Å². The Hall–Kier alpha value is -3.89. The van der Waals surface area contributed by atoms with Gasteiger partial charge in [0.1, 0.15) is 11.6 Å². The van der Waals surface area contributed by atoms with Crippen molar-refractivity contribution in [3.05, 3.63) is 119 Å². The molecule has 0 fully saturated rings. The van der Waals surface area contributed by atoms with E-state index in [2.05, 4.69) is 4.98 Å². The highest BCUT2D eigenvalue weighted by Gasteiger charge is 2.27. The zero-order chi connectivity index (χ0) is 27.1. The van der Waals surface area contributed by atoms with Crippen LogP contribution in [0.15, 0.2) is 90.2 Å². The number of ether oxygens (including phenoxy) is 1. The van der Waals surface area contributed by atoms with E-state index in [0.717, 1.165) is 5.56 Å². The van der Waals surface area contributed by atoms with Gasteiger partial charge in [-0.2, -0.15) is 0 Å². The molecule has 0 saturated carbocycles. The van der Waals surface area contributed by atoms with E-state index in [9.17, 15) is 22.0 Å². The molecule has 0 radical (unpaired) electrons.